The lowest BCUT2D eigenvalue weighted by Crippen LogP contribution is -2.27. The van der Waals surface area contributed by atoms with Crippen LogP contribution in [-0.4, -0.2) is 37.0 Å². The van der Waals surface area contributed by atoms with Crippen LogP contribution in [0.1, 0.15) is 219 Å². The van der Waals surface area contributed by atoms with E-state index < -0.39 is 6.10 Å². The summed E-state index contributed by atoms with van der Waals surface area (Å²) < 4.78 is 11.1. The van der Waals surface area contributed by atoms with Gasteiger partial charge in [0.15, 0.2) is 0 Å². The maximum Gasteiger partial charge on any atom is 0.306 e. The Bertz CT molecular complexity index is 728. The van der Waals surface area contributed by atoms with Crippen molar-refractivity contribution >= 4 is 5.97 Å². The van der Waals surface area contributed by atoms with Gasteiger partial charge in [-0.25, -0.2) is 0 Å². The molecule has 1 unspecified atom stereocenters. The van der Waals surface area contributed by atoms with Crippen LogP contribution in [0.5, 0.6) is 0 Å². The second kappa shape index (κ2) is 42.8. The molecule has 0 heterocycles. The highest BCUT2D eigenvalue weighted by Crippen LogP contribution is 2.14. The molecule has 4 heteroatoms. The van der Waals surface area contributed by atoms with Crippen LogP contribution in [0.25, 0.3) is 0 Å². The highest BCUT2D eigenvalue weighted by Gasteiger charge is 2.13. The quantitative estimate of drug-likeness (QED) is 0.0395. The lowest BCUT2D eigenvalue weighted by Gasteiger charge is -2.16. The minimum Gasteiger partial charge on any atom is -0.457 e. The minimum atomic E-state index is -0.531. The van der Waals surface area contributed by atoms with Crippen LogP contribution in [-0.2, 0) is 14.3 Å². The first-order chi connectivity index (χ1) is 24.2. The number of unbranched alkanes of at least 4 members (excludes halogenated alkanes) is 26. The van der Waals surface area contributed by atoms with Crippen LogP contribution in [0.4, 0.5) is 0 Å². The lowest BCUT2D eigenvalue weighted by atomic mass is 10.1. The molecule has 4 nitrogen and oxygen atoms in total. The molecule has 0 bridgehead atoms. The molecular weight excluding hydrogens is 604 g/mol. The molecule has 0 rings (SSSR count). The summed E-state index contributed by atoms with van der Waals surface area (Å²) in [5.41, 5.74) is 0. The van der Waals surface area contributed by atoms with Crippen molar-refractivity contribution in [2.24, 2.45) is 0 Å². The predicted molar refractivity (Wildman–Crippen MR) is 214 cm³/mol. The van der Waals surface area contributed by atoms with E-state index >= 15 is 0 Å². The molecule has 0 saturated heterocycles. The second-order valence-electron chi connectivity index (χ2n) is 14.4. The topological polar surface area (TPSA) is 55.8 Å². The number of hydrogen-bond acceptors (Lipinski definition) is 4. The second-order valence-corrected chi connectivity index (χ2v) is 14.4. The molecule has 0 radical (unpaired) electrons. The summed E-state index contributed by atoms with van der Waals surface area (Å²) in [5, 5.41) is 9.57. The van der Waals surface area contributed by atoms with Gasteiger partial charge < -0.3 is 14.6 Å². The fourth-order valence-corrected chi connectivity index (χ4v) is 6.22. The lowest BCUT2D eigenvalue weighted by molar-refractivity contribution is -0.154. The minimum absolute atomic E-state index is 0.170. The maximum absolute atomic E-state index is 12.1. The van der Waals surface area contributed by atoms with Crippen molar-refractivity contribution in [2.45, 2.75) is 225 Å². The van der Waals surface area contributed by atoms with Crippen molar-refractivity contribution in [3.63, 3.8) is 0 Å². The van der Waals surface area contributed by atoms with Crippen molar-refractivity contribution in [1.29, 1.82) is 0 Å². The Labute approximate surface area is 306 Å². The predicted octanol–water partition coefficient (Wildman–Crippen LogP) is 14.1. The summed E-state index contributed by atoms with van der Waals surface area (Å²) in [6, 6.07) is 0. The first-order valence-electron chi connectivity index (χ1n) is 21.6. The number of aliphatic hydroxyl groups excluding tert-OH is 1. The number of rotatable bonds is 40. The zero-order chi connectivity index (χ0) is 35.6. The summed E-state index contributed by atoms with van der Waals surface area (Å²) in [7, 11) is 0. The van der Waals surface area contributed by atoms with E-state index in [-0.39, 0.29) is 12.6 Å². The highest BCUT2D eigenvalue weighted by molar-refractivity contribution is 5.69. The SMILES string of the molecule is CCCCCCC/C=C\C/C=C\C/C=C\CCCCCCCCCCCCCOCC(CO)OC(=O)CCCCCCCCCCCCC. The molecule has 0 saturated carbocycles. The molecule has 0 aliphatic rings. The van der Waals surface area contributed by atoms with E-state index in [1.54, 1.807) is 0 Å². The van der Waals surface area contributed by atoms with Crippen molar-refractivity contribution in [3.8, 4) is 0 Å². The molecule has 0 fully saturated rings. The van der Waals surface area contributed by atoms with Gasteiger partial charge in [-0.3, -0.25) is 4.79 Å². The first kappa shape index (κ1) is 47.6. The summed E-state index contributed by atoms with van der Waals surface area (Å²) in [4.78, 5) is 12.1. The van der Waals surface area contributed by atoms with Crippen molar-refractivity contribution < 1.29 is 19.4 Å². The number of aliphatic hydroxyl groups is 1. The maximum atomic E-state index is 12.1. The van der Waals surface area contributed by atoms with Gasteiger partial charge in [0.25, 0.3) is 0 Å². The Hall–Kier alpha value is -1.39. The average Bonchev–Trinajstić information content (AvgIpc) is 3.11. The Balaban J connectivity index is 3.40. The van der Waals surface area contributed by atoms with Gasteiger partial charge >= 0.3 is 5.97 Å². The van der Waals surface area contributed by atoms with E-state index in [0.717, 1.165) is 32.1 Å². The van der Waals surface area contributed by atoms with E-state index in [0.29, 0.717) is 19.6 Å². The largest absolute Gasteiger partial charge is 0.457 e. The number of allylic oxidation sites excluding steroid dienone is 6. The van der Waals surface area contributed by atoms with Gasteiger partial charge in [-0.1, -0.05) is 198 Å². The normalized spacial score (nSPS) is 12.6. The molecule has 288 valence electrons. The molecular formula is C45H84O4. The molecule has 0 aromatic heterocycles. The van der Waals surface area contributed by atoms with E-state index in [1.165, 1.54) is 167 Å². The van der Waals surface area contributed by atoms with Crippen LogP contribution in [0.3, 0.4) is 0 Å². The first-order valence-corrected chi connectivity index (χ1v) is 21.6. The third-order valence-corrected chi connectivity index (χ3v) is 9.47. The van der Waals surface area contributed by atoms with Crippen molar-refractivity contribution in [1.82, 2.24) is 0 Å². The zero-order valence-electron chi connectivity index (χ0n) is 33.0. The van der Waals surface area contributed by atoms with E-state index in [4.69, 9.17) is 9.47 Å². The third kappa shape index (κ3) is 40.9. The number of carbonyl (C=O) groups excluding carboxylic acids is 1. The van der Waals surface area contributed by atoms with Crippen LogP contribution < -0.4 is 0 Å². The van der Waals surface area contributed by atoms with Gasteiger partial charge in [-0.15, -0.1) is 0 Å². The van der Waals surface area contributed by atoms with Gasteiger partial charge in [-0.2, -0.15) is 0 Å². The van der Waals surface area contributed by atoms with Gasteiger partial charge in [0.1, 0.15) is 6.10 Å². The Morgan fingerprint density at radius 1 is 0.490 bits per heavy atom. The Morgan fingerprint density at radius 3 is 1.29 bits per heavy atom. The molecule has 0 aromatic rings. The molecule has 0 spiro atoms. The number of carbonyl (C=O) groups is 1. The molecule has 0 aromatic carbocycles. The number of esters is 1. The van der Waals surface area contributed by atoms with Gasteiger partial charge in [0, 0.05) is 13.0 Å². The fourth-order valence-electron chi connectivity index (χ4n) is 6.22. The van der Waals surface area contributed by atoms with Crippen molar-refractivity contribution in [2.75, 3.05) is 19.8 Å². The molecule has 1 N–H and O–H groups in total. The number of ether oxygens (including phenoxy) is 2. The Morgan fingerprint density at radius 2 is 0.857 bits per heavy atom. The number of hydrogen-bond donors (Lipinski definition) is 1. The van der Waals surface area contributed by atoms with E-state index in [1.807, 2.05) is 0 Å². The van der Waals surface area contributed by atoms with Crippen LogP contribution in [0.15, 0.2) is 36.5 Å². The summed E-state index contributed by atoms with van der Waals surface area (Å²) in [6.07, 6.45) is 53.5. The highest BCUT2D eigenvalue weighted by atomic mass is 16.6. The van der Waals surface area contributed by atoms with Crippen molar-refractivity contribution in [3.05, 3.63) is 36.5 Å². The van der Waals surface area contributed by atoms with Crippen LogP contribution in [0, 0.1) is 0 Å². The Kier molecular flexibility index (Phi) is 41.6. The van der Waals surface area contributed by atoms with E-state index in [9.17, 15) is 9.90 Å². The molecule has 0 aliphatic heterocycles. The van der Waals surface area contributed by atoms with Gasteiger partial charge in [0.2, 0.25) is 0 Å². The average molecular weight is 689 g/mol. The third-order valence-electron chi connectivity index (χ3n) is 9.47. The summed E-state index contributed by atoms with van der Waals surface area (Å²) >= 11 is 0. The molecule has 0 amide bonds. The van der Waals surface area contributed by atoms with Crippen LogP contribution >= 0.6 is 0 Å². The summed E-state index contributed by atoms with van der Waals surface area (Å²) in [5.74, 6) is -0.202. The summed E-state index contributed by atoms with van der Waals surface area (Å²) in [6.45, 7) is 5.34. The monoisotopic (exact) mass is 689 g/mol. The standard InChI is InChI=1S/C45H84O4/c1-3-5-7-9-11-13-15-16-17-18-19-20-21-22-23-24-25-26-27-28-29-31-33-35-37-39-41-48-43-44(42-46)49-45(47)40-38-36-34-32-30-14-12-10-8-6-4-2/h15-16,18-19,21-22,44,46H,3-14,17,20,23-43H2,1-2H3/b16-15-,19-18-,22-21-. The van der Waals surface area contributed by atoms with E-state index in [2.05, 4.69) is 50.3 Å². The fraction of sp³-hybridized carbons (Fsp3) is 0.844. The zero-order valence-corrected chi connectivity index (χ0v) is 33.0. The van der Waals surface area contributed by atoms with Crippen LogP contribution in [0.2, 0.25) is 0 Å². The van der Waals surface area contributed by atoms with Gasteiger partial charge in [0.05, 0.1) is 13.2 Å². The smallest absolute Gasteiger partial charge is 0.306 e. The van der Waals surface area contributed by atoms with Gasteiger partial charge in [-0.05, 0) is 51.4 Å². The molecule has 49 heavy (non-hydrogen) atoms. The molecule has 0 aliphatic carbocycles. The molecule has 1 atom stereocenters.